The van der Waals surface area contributed by atoms with Gasteiger partial charge in [0, 0.05) is 36.8 Å². The van der Waals surface area contributed by atoms with E-state index in [0.29, 0.717) is 12.5 Å². The standard InChI is InChI=1S/C16H23N3O2/c1-16(2,3)13-8-11-4-5-17-14(11)18-15(13)21-7-6-19-9-12(20)10-19/h4-5,8,12,20H,6-7,9-10H2,1-3H3,(H,17,18). The predicted octanol–water partition coefficient (Wildman–Crippen LogP) is 1.92. The molecule has 0 unspecified atom stereocenters. The number of H-pyrrole nitrogens is 1. The number of hydrogen-bond donors (Lipinski definition) is 2. The molecule has 1 saturated heterocycles. The number of likely N-dealkylation sites (tertiary alicyclic amines) is 1. The molecule has 1 aliphatic rings. The van der Waals surface area contributed by atoms with Crippen LogP contribution < -0.4 is 4.74 Å². The number of aliphatic hydroxyl groups excluding tert-OH is 1. The summed E-state index contributed by atoms with van der Waals surface area (Å²) in [6, 6.07) is 4.18. The molecule has 0 aromatic carbocycles. The Morgan fingerprint density at radius 3 is 2.86 bits per heavy atom. The minimum atomic E-state index is -0.163. The van der Waals surface area contributed by atoms with Crippen LogP contribution >= 0.6 is 0 Å². The fourth-order valence-corrected chi connectivity index (χ4v) is 2.61. The summed E-state index contributed by atoms with van der Waals surface area (Å²) in [5.74, 6) is 0.707. The van der Waals surface area contributed by atoms with Gasteiger partial charge in [-0.15, -0.1) is 0 Å². The lowest BCUT2D eigenvalue weighted by Crippen LogP contribution is -2.51. The molecule has 3 heterocycles. The zero-order chi connectivity index (χ0) is 15.0. The first-order valence-corrected chi connectivity index (χ1v) is 7.45. The number of ether oxygens (including phenoxy) is 1. The van der Waals surface area contributed by atoms with Gasteiger partial charge >= 0.3 is 0 Å². The number of aromatic nitrogens is 2. The van der Waals surface area contributed by atoms with Crippen molar-refractivity contribution in [2.75, 3.05) is 26.2 Å². The van der Waals surface area contributed by atoms with Crippen molar-refractivity contribution in [2.24, 2.45) is 0 Å². The molecular formula is C16H23N3O2. The van der Waals surface area contributed by atoms with Crippen molar-refractivity contribution in [3.8, 4) is 5.88 Å². The van der Waals surface area contributed by atoms with Crippen LogP contribution in [0.4, 0.5) is 0 Å². The van der Waals surface area contributed by atoms with Crippen LogP contribution in [-0.4, -0.2) is 52.3 Å². The quantitative estimate of drug-likeness (QED) is 0.902. The van der Waals surface area contributed by atoms with Gasteiger partial charge in [0.15, 0.2) is 0 Å². The highest BCUT2D eigenvalue weighted by Gasteiger charge is 2.25. The molecule has 5 nitrogen and oxygen atoms in total. The number of nitrogens with one attached hydrogen (secondary N) is 1. The van der Waals surface area contributed by atoms with E-state index >= 15 is 0 Å². The van der Waals surface area contributed by atoms with Gasteiger partial charge in [0.1, 0.15) is 12.3 Å². The SMILES string of the molecule is CC(C)(C)c1cc2cc[nH]c2nc1OCCN1CC(O)C1. The van der Waals surface area contributed by atoms with Crippen molar-refractivity contribution < 1.29 is 9.84 Å². The summed E-state index contributed by atoms with van der Waals surface area (Å²) in [6.45, 7) is 9.42. The highest BCUT2D eigenvalue weighted by Crippen LogP contribution is 2.32. The molecule has 1 aliphatic heterocycles. The summed E-state index contributed by atoms with van der Waals surface area (Å²) >= 11 is 0. The van der Waals surface area contributed by atoms with Crippen molar-refractivity contribution >= 4 is 11.0 Å². The van der Waals surface area contributed by atoms with E-state index in [4.69, 9.17) is 4.74 Å². The van der Waals surface area contributed by atoms with Crippen LogP contribution in [0.25, 0.3) is 11.0 Å². The lowest BCUT2D eigenvalue weighted by atomic mass is 9.87. The van der Waals surface area contributed by atoms with Crippen LogP contribution in [0.2, 0.25) is 0 Å². The van der Waals surface area contributed by atoms with E-state index < -0.39 is 0 Å². The molecule has 1 fully saturated rings. The van der Waals surface area contributed by atoms with E-state index in [1.54, 1.807) is 0 Å². The first kappa shape index (κ1) is 14.4. The molecule has 0 aliphatic carbocycles. The Hall–Kier alpha value is -1.59. The first-order chi connectivity index (χ1) is 9.93. The summed E-state index contributed by atoms with van der Waals surface area (Å²) in [5, 5.41) is 10.4. The minimum absolute atomic E-state index is 0.0132. The largest absolute Gasteiger partial charge is 0.476 e. The highest BCUT2D eigenvalue weighted by atomic mass is 16.5. The maximum absolute atomic E-state index is 9.28. The summed E-state index contributed by atoms with van der Waals surface area (Å²) in [5.41, 5.74) is 1.97. The second kappa shape index (κ2) is 5.31. The minimum Gasteiger partial charge on any atom is -0.476 e. The van der Waals surface area contributed by atoms with Gasteiger partial charge in [-0.25, -0.2) is 0 Å². The van der Waals surface area contributed by atoms with Gasteiger partial charge in [-0.1, -0.05) is 20.8 Å². The van der Waals surface area contributed by atoms with E-state index in [2.05, 4.69) is 41.7 Å². The van der Waals surface area contributed by atoms with Crippen LogP contribution in [0.1, 0.15) is 26.3 Å². The Morgan fingerprint density at radius 1 is 1.43 bits per heavy atom. The summed E-state index contributed by atoms with van der Waals surface area (Å²) in [6.07, 6.45) is 1.73. The Labute approximate surface area is 124 Å². The van der Waals surface area contributed by atoms with Crippen molar-refractivity contribution in [3.63, 3.8) is 0 Å². The molecule has 3 rings (SSSR count). The number of aromatic amines is 1. The lowest BCUT2D eigenvalue weighted by molar-refractivity contribution is -0.00420. The van der Waals surface area contributed by atoms with Gasteiger partial charge in [-0.05, 0) is 17.5 Å². The number of hydrogen-bond acceptors (Lipinski definition) is 4. The lowest BCUT2D eigenvalue weighted by Gasteiger charge is -2.35. The van der Waals surface area contributed by atoms with E-state index in [9.17, 15) is 5.11 Å². The van der Waals surface area contributed by atoms with Gasteiger partial charge < -0.3 is 14.8 Å². The molecule has 5 heteroatoms. The number of β-amino-alcohol motifs (C(OH)–C–C–N with tert-alkyl or cyclic N) is 1. The summed E-state index contributed by atoms with van der Waals surface area (Å²) < 4.78 is 5.93. The van der Waals surface area contributed by atoms with Crippen LogP contribution in [-0.2, 0) is 5.41 Å². The molecule has 0 atom stereocenters. The maximum atomic E-state index is 9.28. The van der Waals surface area contributed by atoms with Crippen LogP contribution in [0.3, 0.4) is 0 Å². The third-order valence-corrected chi connectivity index (χ3v) is 3.89. The molecule has 114 valence electrons. The molecule has 0 radical (unpaired) electrons. The van der Waals surface area contributed by atoms with Gasteiger partial charge in [-0.3, -0.25) is 4.90 Å². The van der Waals surface area contributed by atoms with Gasteiger partial charge in [0.2, 0.25) is 5.88 Å². The Bertz CT molecular complexity index is 624. The zero-order valence-corrected chi connectivity index (χ0v) is 12.9. The molecule has 0 bridgehead atoms. The number of nitrogens with zero attached hydrogens (tertiary/aromatic N) is 2. The van der Waals surface area contributed by atoms with Crippen molar-refractivity contribution in [3.05, 3.63) is 23.9 Å². The second-order valence-electron chi connectivity index (χ2n) is 6.77. The Balaban J connectivity index is 1.75. The Kier molecular flexibility index (Phi) is 3.63. The van der Waals surface area contributed by atoms with E-state index in [-0.39, 0.29) is 11.5 Å². The van der Waals surface area contributed by atoms with Crippen LogP contribution in [0.5, 0.6) is 5.88 Å². The fraction of sp³-hybridized carbons (Fsp3) is 0.562. The predicted molar refractivity (Wildman–Crippen MR) is 82.7 cm³/mol. The number of fused-ring (bicyclic) bond motifs is 1. The van der Waals surface area contributed by atoms with Gasteiger partial charge in [-0.2, -0.15) is 4.98 Å². The maximum Gasteiger partial charge on any atom is 0.219 e. The summed E-state index contributed by atoms with van der Waals surface area (Å²) in [4.78, 5) is 9.92. The number of pyridine rings is 1. The second-order valence-corrected chi connectivity index (χ2v) is 6.77. The average Bonchev–Trinajstić information content (AvgIpc) is 2.81. The zero-order valence-electron chi connectivity index (χ0n) is 12.9. The first-order valence-electron chi connectivity index (χ1n) is 7.45. The molecule has 2 aromatic heterocycles. The van der Waals surface area contributed by atoms with Gasteiger partial charge in [0.05, 0.1) is 6.10 Å². The monoisotopic (exact) mass is 289 g/mol. The number of rotatable bonds is 4. The normalized spacial score (nSPS) is 17.1. The van der Waals surface area contributed by atoms with E-state index in [1.165, 1.54) is 0 Å². The smallest absolute Gasteiger partial charge is 0.219 e. The highest BCUT2D eigenvalue weighted by molar-refractivity contribution is 5.77. The molecule has 2 aromatic rings. The van der Waals surface area contributed by atoms with Crippen molar-refractivity contribution in [1.82, 2.24) is 14.9 Å². The third-order valence-electron chi connectivity index (χ3n) is 3.89. The summed E-state index contributed by atoms with van der Waals surface area (Å²) in [7, 11) is 0. The molecule has 0 spiro atoms. The van der Waals surface area contributed by atoms with Gasteiger partial charge in [0.25, 0.3) is 0 Å². The third kappa shape index (κ3) is 3.04. The molecule has 0 amide bonds. The molecule has 0 saturated carbocycles. The van der Waals surface area contributed by atoms with E-state index in [0.717, 1.165) is 36.2 Å². The Morgan fingerprint density at radius 2 is 2.19 bits per heavy atom. The average molecular weight is 289 g/mol. The molecular weight excluding hydrogens is 266 g/mol. The van der Waals surface area contributed by atoms with Crippen molar-refractivity contribution in [2.45, 2.75) is 32.3 Å². The molecule has 2 N–H and O–H groups in total. The van der Waals surface area contributed by atoms with Crippen molar-refractivity contribution in [1.29, 1.82) is 0 Å². The molecule has 21 heavy (non-hydrogen) atoms. The number of aliphatic hydroxyl groups is 1. The van der Waals surface area contributed by atoms with Crippen LogP contribution in [0, 0.1) is 0 Å². The van der Waals surface area contributed by atoms with E-state index in [1.807, 2.05) is 12.3 Å². The van der Waals surface area contributed by atoms with Crippen LogP contribution in [0.15, 0.2) is 18.3 Å². The topological polar surface area (TPSA) is 61.4 Å². The fourth-order valence-electron chi connectivity index (χ4n) is 2.61.